The number of H-pyrrole nitrogens is 1. The molecule has 2 aromatic rings. The van der Waals surface area contributed by atoms with Gasteiger partial charge < -0.3 is 10.1 Å². The van der Waals surface area contributed by atoms with E-state index in [9.17, 15) is 4.79 Å². The van der Waals surface area contributed by atoms with Gasteiger partial charge in [-0.2, -0.15) is 0 Å². The van der Waals surface area contributed by atoms with Crippen LogP contribution in [0.5, 0.6) is 5.75 Å². The molecule has 0 radical (unpaired) electrons. The third-order valence-electron chi connectivity index (χ3n) is 3.19. The quantitative estimate of drug-likeness (QED) is 0.856. The van der Waals surface area contributed by atoms with E-state index in [0.29, 0.717) is 11.7 Å². The maximum atomic E-state index is 11.7. The number of benzene rings is 1. The van der Waals surface area contributed by atoms with E-state index in [0.717, 1.165) is 36.2 Å². The van der Waals surface area contributed by atoms with Crippen LogP contribution in [0.4, 0.5) is 11.6 Å². The van der Waals surface area contributed by atoms with Crippen LogP contribution in [0.3, 0.4) is 0 Å². The van der Waals surface area contributed by atoms with Gasteiger partial charge in [-0.1, -0.05) is 19.4 Å². The number of methoxy groups -OCH3 is 1. The van der Waals surface area contributed by atoms with E-state index < -0.39 is 0 Å². The molecule has 0 amide bonds. The van der Waals surface area contributed by atoms with Gasteiger partial charge in [0.05, 0.1) is 12.8 Å². The average Bonchev–Trinajstić information content (AvgIpc) is 2.45. The minimum Gasteiger partial charge on any atom is -0.495 e. The molecule has 0 bridgehead atoms. The second kappa shape index (κ2) is 6.92. The largest absolute Gasteiger partial charge is 0.495 e. The molecule has 1 aromatic carbocycles. The minimum atomic E-state index is -0.148. The molecule has 0 atom stereocenters. The van der Waals surface area contributed by atoms with Crippen LogP contribution in [0, 0.1) is 6.92 Å². The average molecular weight is 287 g/mol. The number of aromatic amines is 1. The smallest absolute Gasteiger partial charge is 0.252 e. The molecule has 0 fully saturated rings. The van der Waals surface area contributed by atoms with Crippen LogP contribution in [-0.4, -0.2) is 17.1 Å². The third kappa shape index (κ3) is 4.08. The van der Waals surface area contributed by atoms with E-state index in [-0.39, 0.29) is 5.56 Å². The normalized spacial score (nSPS) is 10.4. The molecule has 1 heterocycles. The first-order valence-electron chi connectivity index (χ1n) is 7.14. The molecule has 5 nitrogen and oxygen atoms in total. The van der Waals surface area contributed by atoms with Gasteiger partial charge in [0.15, 0.2) is 0 Å². The number of aromatic nitrogens is 2. The molecule has 0 aliphatic carbocycles. The number of aryl methyl sites for hydroxylation is 2. The second-order valence-electron chi connectivity index (χ2n) is 5.02. The minimum absolute atomic E-state index is 0.148. The Bertz CT molecular complexity index is 665. The van der Waals surface area contributed by atoms with Gasteiger partial charge in [-0.25, -0.2) is 4.98 Å². The summed E-state index contributed by atoms with van der Waals surface area (Å²) in [6.07, 6.45) is 2.90. The van der Waals surface area contributed by atoms with Crippen molar-refractivity contribution >= 4 is 11.6 Å². The zero-order chi connectivity index (χ0) is 15.2. The highest BCUT2D eigenvalue weighted by Crippen LogP contribution is 2.27. The van der Waals surface area contributed by atoms with E-state index in [1.807, 2.05) is 25.1 Å². The number of unbranched alkanes of at least 4 members (excludes halogenated alkanes) is 1. The molecule has 21 heavy (non-hydrogen) atoms. The van der Waals surface area contributed by atoms with Crippen molar-refractivity contribution in [1.82, 2.24) is 9.97 Å². The summed E-state index contributed by atoms with van der Waals surface area (Å²) in [6.45, 7) is 4.11. The van der Waals surface area contributed by atoms with E-state index in [1.54, 1.807) is 13.2 Å². The number of ether oxygens (including phenoxy) is 1. The van der Waals surface area contributed by atoms with Crippen molar-refractivity contribution in [2.24, 2.45) is 0 Å². The summed E-state index contributed by atoms with van der Waals surface area (Å²) in [4.78, 5) is 18.9. The zero-order valence-electron chi connectivity index (χ0n) is 12.7. The lowest BCUT2D eigenvalue weighted by molar-refractivity contribution is 0.416. The highest BCUT2D eigenvalue weighted by Gasteiger charge is 2.06. The number of nitrogens with zero attached hydrogens (tertiary/aromatic N) is 1. The lowest BCUT2D eigenvalue weighted by atomic mass is 10.2. The standard InChI is InChI=1S/C16H21N3O2/c1-4-5-6-12-10-15(20)19-16(17-12)18-13-9-11(2)7-8-14(13)21-3/h7-10H,4-6H2,1-3H3,(H2,17,18,19,20). The summed E-state index contributed by atoms with van der Waals surface area (Å²) in [6, 6.07) is 7.36. The highest BCUT2D eigenvalue weighted by atomic mass is 16.5. The van der Waals surface area contributed by atoms with E-state index in [2.05, 4.69) is 22.2 Å². The van der Waals surface area contributed by atoms with Gasteiger partial charge in [0.1, 0.15) is 5.75 Å². The highest BCUT2D eigenvalue weighted by molar-refractivity contribution is 5.63. The van der Waals surface area contributed by atoms with Crippen LogP contribution in [-0.2, 0) is 6.42 Å². The van der Waals surface area contributed by atoms with Gasteiger partial charge in [0.2, 0.25) is 5.95 Å². The van der Waals surface area contributed by atoms with Gasteiger partial charge >= 0.3 is 0 Å². The van der Waals surface area contributed by atoms with Crippen LogP contribution in [0.1, 0.15) is 31.0 Å². The molecular formula is C16H21N3O2. The van der Waals surface area contributed by atoms with Crippen LogP contribution in [0.2, 0.25) is 0 Å². The lowest BCUT2D eigenvalue weighted by Gasteiger charge is -2.11. The Morgan fingerprint density at radius 3 is 2.86 bits per heavy atom. The monoisotopic (exact) mass is 287 g/mol. The Morgan fingerprint density at radius 2 is 2.14 bits per heavy atom. The zero-order valence-corrected chi connectivity index (χ0v) is 12.7. The third-order valence-corrected chi connectivity index (χ3v) is 3.19. The van der Waals surface area contributed by atoms with Crippen molar-refractivity contribution in [2.75, 3.05) is 12.4 Å². The molecule has 2 N–H and O–H groups in total. The Balaban J connectivity index is 2.28. The Labute approximate surface area is 124 Å². The van der Waals surface area contributed by atoms with Crippen molar-refractivity contribution in [2.45, 2.75) is 33.1 Å². The van der Waals surface area contributed by atoms with Gasteiger partial charge in [-0.3, -0.25) is 9.78 Å². The summed E-state index contributed by atoms with van der Waals surface area (Å²) < 4.78 is 5.32. The van der Waals surface area contributed by atoms with Crippen LogP contribution in [0.25, 0.3) is 0 Å². The first-order chi connectivity index (χ1) is 10.1. The number of rotatable bonds is 6. The Morgan fingerprint density at radius 1 is 1.33 bits per heavy atom. The molecule has 0 spiro atoms. The SMILES string of the molecule is CCCCc1cc(=O)[nH]c(Nc2cc(C)ccc2OC)n1. The fourth-order valence-electron chi connectivity index (χ4n) is 2.10. The van der Waals surface area contributed by atoms with Crippen molar-refractivity contribution < 1.29 is 4.74 Å². The maximum Gasteiger partial charge on any atom is 0.252 e. The fraction of sp³-hybridized carbons (Fsp3) is 0.375. The molecule has 2 rings (SSSR count). The predicted molar refractivity (Wildman–Crippen MR) is 84.5 cm³/mol. The van der Waals surface area contributed by atoms with Crippen molar-refractivity contribution in [3.63, 3.8) is 0 Å². The molecule has 0 saturated heterocycles. The summed E-state index contributed by atoms with van der Waals surface area (Å²) in [7, 11) is 1.61. The first-order valence-corrected chi connectivity index (χ1v) is 7.14. The molecule has 5 heteroatoms. The summed E-state index contributed by atoms with van der Waals surface area (Å²) >= 11 is 0. The van der Waals surface area contributed by atoms with Crippen LogP contribution >= 0.6 is 0 Å². The second-order valence-corrected chi connectivity index (χ2v) is 5.02. The van der Waals surface area contributed by atoms with Gasteiger partial charge in [-0.05, 0) is 37.5 Å². The molecule has 112 valence electrons. The van der Waals surface area contributed by atoms with Gasteiger partial charge in [0.25, 0.3) is 5.56 Å². The fourth-order valence-corrected chi connectivity index (χ4v) is 2.10. The molecule has 0 saturated carbocycles. The number of anilines is 2. The van der Waals surface area contributed by atoms with Gasteiger partial charge in [0, 0.05) is 11.8 Å². The lowest BCUT2D eigenvalue weighted by Crippen LogP contribution is -2.12. The van der Waals surface area contributed by atoms with Crippen LogP contribution < -0.4 is 15.6 Å². The van der Waals surface area contributed by atoms with Crippen molar-refractivity contribution in [3.8, 4) is 5.75 Å². The summed E-state index contributed by atoms with van der Waals surface area (Å²) in [5.74, 6) is 1.15. The molecule has 0 aliphatic heterocycles. The number of nitrogens with one attached hydrogen (secondary N) is 2. The van der Waals surface area contributed by atoms with Crippen molar-refractivity contribution in [1.29, 1.82) is 0 Å². The molecule has 0 aliphatic rings. The van der Waals surface area contributed by atoms with E-state index >= 15 is 0 Å². The molecule has 0 unspecified atom stereocenters. The maximum absolute atomic E-state index is 11.7. The van der Waals surface area contributed by atoms with E-state index in [4.69, 9.17) is 4.74 Å². The Kier molecular flexibility index (Phi) is 4.98. The van der Waals surface area contributed by atoms with E-state index in [1.165, 1.54) is 0 Å². The first kappa shape index (κ1) is 15.1. The molecule has 1 aromatic heterocycles. The van der Waals surface area contributed by atoms with Crippen LogP contribution in [0.15, 0.2) is 29.1 Å². The summed E-state index contributed by atoms with van der Waals surface area (Å²) in [5, 5.41) is 3.13. The number of hydrogen-bond acceptors (Lipinski definition) is 4. The topological polar surface area (TPSA) is 67.0 Å². The summed E-state index contributed by atoms with van der Waals surface area (Å²) in [5.41, 5.74) is 2.54. The Hall–Kier alpha value is -2.30. The van der Waals surface area contributed by atoms with Crippen molar-refractivity contribution in [3.05, 3.63) is 45.9 Å². The molecular weight excluding hydrogens is 266 g/mol. The van der Waals surface area contributed by atoms with Gasteiger partial charge in [-0.15, -0.1) is 0 Å². The number of hydrogen-bond donors (Lipinski definition) is 2. The predicted octanol–water partition coefficient (Wildman–Crippen LogP) is 3.17.